The molecule has 170 valence electrons. The first-order chi connectivity index (χ1) is 16.4. The van der Waals surface area contributed by atoms with Crippen molar-refractivity contribution in [3.8, 4) is 18.1 Å². The lowest BCUT2D eigenvalue weighted by molar-refractivity contribution is 0.817. The highest BCUT2D eigenvalue weighted by Gasteiger charge is 2.15. The number of para-hydroxylation sites is 1. The van der Waals surface area contributed by atoms with Gasteiger partial charge in [0.2, 0.25) is 0 Å². The van der Waals surface area contributed by atoms with Crippen molar-refractivity contribution in [2.45, 2.75) is 13.8 Å². The molecule has 0 aliphatic heterocycles. The maximum atomic E-state index is 9.33. The van der Waals surface area contributed by atoms with E-state index < -0.39 is 0 Å². The minimum Gasteiger partial charge on any atom is -0.395 e. The van der Waals surface area contributed by atoms with E-state index in [1.54, 1.807) is 25.5 Å². The topological polar surface area (TPSA) is 180 Å². The summed E-state index contributed by atoms with van der Waals surface area (Å²) in [6.45, 7) is 3.82. The zero-order valence-corrected chi connectivity index (χ0v) is 18.9. The molecule has 6 N–H and O–H groups in total. The van der Waals surface area contributed by atoms with Crippen LogP contribution in [-0.4, -0.2) is 31.8 Å². The molecule has 4 aromatic rings. The van der Waals surface area contributed by atoms with Gasteiger partial charge < -0.3 is 22.1 Å². The number of hydrogen-bond acceptors (Lipinski definition) is 10. The van der Waals surface area contributed by atoms with E-state index in [0.717, 1.165) is 16.8 Å². The summed E-state index contributed by atoms with van der Waals surface area (Å²) >= 11 is 0. The number of benzene rings is 1. The summed E-state index contributed by atoms with van der Waals surface area (Å²) in [6.07, 6.45) is 4.54. The molecule has 0 saturated heterocycles. The van der Waals surface area contributed by atoms with Crippen molar-refractivity contribution in [3.63, 3.8) is 0 Å². The van der Waals surface area contributed by atoms with Gasteiger partial charge in [0.1, 0.15) is 23.5 Å². The van der Waals surface area contributed by atoms with Gasteiger partial charge in [0.05, 0.1) is 17.4 Å². The number of rotatable bonds is 4. The Bertz CT molecular complexity index is 1380. The number of anilines is 5. The Labute approximate surface area is 196 Å². The van der Waals surface area contributed by atoms with Crippen molar-refractivity contribution in [3.05, 3.63) is 71.2 Å². The molecule has 0 aliphatic carbocycles. The van der Waals surface area contributed by atoms with Crippen molar-refractivity contribution >= 4 is 28.8 Å². The van der Waals surface area contributed by atoms with Crippen LogP contribution < -0.4 is 22.1 Å². The van der Waals surface area contributed by atoms with Crippen LogP contribution in [0, 0.1) is 36.5 Å². The summed E-state index contributed by atoms with van der Waals surface area (Å²) in [5.74, 6) is 1.68. The van der Waals surface area contributed by atoms with Gasteiger partial charge in [-0.25, -0.2) is 15.0 Å². The maximum absolute atomic E-state index is 9.33. The molecule has 0 unspecified atom stereocenters. The van der Waals surface area contributed by atoms with Gasteiger partial charge >= 0.3 is 0 Å². The monoisotopic (exact) mass is 453 g/mol. The van der Waals surface area contributed by atoms with Gasteiger partial charge in [-0.1, -0.05) is 18.2 Å². The van der Waals surface area contributed by atoms with E-state index in [1.807, 2.05) is 44.2 Å². The molecule has 11 nitrogen and oxygen atoms in total. The lowest BCUT2D eigenvalue weighted by Gasteiger charge is -2.15. The normalized spacial score (nSPS) is 9.79. The summed E-state index contributed by atoms with van der Waals surface area (Å²) in [5.41, 5.74) is 15.6. The summed E-state index contributed by atoms with van der Waals surface area (Å²) in [6, 6.07) is 13.6. The van der Waals surface area contributed by atoms with E-state index in [2.05, 4.69) is 36.8 Å². The lowest BCUT2D eigenvalue weighted by atomic mass is 10.1. The van der Waals surface area contributed by atoms with Crippen molar-refractivity contribution in [2.75, 3.05) is 29.1 Å². The average molecular weight is 454 g/mol. The number of aromatic nitrogens is 5. The number of hydrogen-bond donors (Lipinski definition) is 4. The Balaban J connectivity index is 0.000000202. The van der Waals surface area contributed by atoms with Gasteiger partial charge in [-0.05, 0) is 37.1 Å². The zero-order chi connectivity index (χ0) is 24.7. The van der Waals surface area contributed by atoms with Crippen LogP contribution in [0.1, 0.15) is 22.3 Å². The van der Waals surface area contributed by atoms with Crippen LogP contribution in [0.5, 0.6) is 0 Å². The predicted octanol–water partition coefficient (Wildman–Crippen LogP) is 3.05. The molecule has 0 atom stereocenters. The van der Waals surface area contributed by atoms with E-state index in [-0.39, 0.29) is 5.82 Å². The Morgan fingerprint density at radius 3 is 2.26 bits per heavy atom. The first-order valence-electron chi connectivity index (χ1n) is 10.1. The molecule has 3 aromatic heterocycles. The molecule has 0 aliphatic rings. The average Bonchev–Trinajstić information content (AvgIpc) is 3.24. The molecule has 0 fully saturated rings. The standard InChI is InChI=1S/C15H17N5.C8H6N6/c1-9-6-4-5-7-12(9)19-14-11(8-16)10(2)13(17)15(18-3)20-14;9-4-6-5-13-14(7(6)10)8-11-2-1-3-12-8/h4-7H,17H2,1-3H3,(H2,18,19,20);1-3,5H,10H2. The van der Waals surface area contributed by atoms with Gasteiger partial charge in [0.15, 0.2) is 11.6 Å². The smallest absolute Gasteiger partial charge is 0.252 e. The van der Waals surface area contributed by atoms with Crippen molar-refractivity contribution < 1.29 is 0 Å². The van der Waals surface area contributed by atoms with Gasteiger partial charge in [-0.3, -0.25) is 0 Å². The van der Waals surface area contributed by atoms with Crippen molar-refractivity contribution in [2.24, 2.45) is 0 Å². The predicted molar refractivity (Wildman–Crippen MR) is 130 cm³/mol. The molecule has 0 spiro atoms. The second-order valence-corrected chi connectivity index (χ2v) is 7.04. The third-order valence-corrected chi connectivity index (χ3v) is 4.91. The quantitative estimate of drug-likeness (QED) is 0.358. The minimum atomic E-state index is 0.249. The highest BCUT2D eigenvalue weighted by molar-refractivity contribution is 5.77. The van der Waals surface area contributed by atoms with E-state index in [0.29, 0.717) is 34.4 Å². The number of pyridine rings is 1. The Kier molecular flexibility index (Phi) is 7.21. The fraction of sp³-hybridized carbons (Fsp3) is 0.130. The first kappa shape index (κ1) is 23.5. The van der Waals surface area contributed by atoms with Crippen LogP contribution in [0.25, 0.3) is 5.95 Å². The molecular formula is C23H23N11. The van der Waals surface area contributed by atoms with Gasteiger partial charge in [-0.2, -0.15) is 20.3 Å². The second kappa shape index (κ2) is 10.4. The Morgan fingerprint density at radius 1 is 0.971 bits per heavy atom. The summed E-state index contributed by atoms with van der Waals surface area (Å²) in [4.78, 5) is 12.3. The first-order valence-corrected chi connectivity index (χ1v) is 10.1. The number of nitrogens with two attached hydrogens (primary N) is 2. The zero-order valence-electron chi connectivity index (χ0n) is 18.9. The Morgan fingerprint density at radius 2 is 1.68 bits per heavy atom. The third-order valence-electron chi connectivity index (χ3n) is 4.91. The number of nitrogens with zero attached hydrogens (tertiary/aromatic N) is 7. The molecule has 11 heteroatoms. The van der Waals surface area contributed by atoms with E-state index in [4.69, 9.17) is 16.7 Å². The van der Waals surface area contributed by atoms with Gasteiger partial charge in [0.25, 0.3) is 5.95 Å². The molecule has 3 heterocycles. The van der Waals surface area contributed by atoms with E-state index in [9.17, 15) is 5.26 Å². The van der Waals surface area contributed by atoms with Crippen LogP contribution in [0.4, 0.5) is 28.8 Å². The molecule has 34 heavy (non-hydrogen) atoms. The Hall–Kier alpha value is -5.16. The highest BCUT2D eigenvalue weighted by Crippen LogP contribution is 2.30. The van der Waals surface area contributed by atoms with E-state index in [1.165, 1.54) is 10.9 Å². The molecule has 0 radical (unpaired) electrons. The molecule has 1 aromatic carbocycles. The van der Waals surface area contributed by atoms with Crippen LogP contribution in [0.2, 0.25) is 0 Å². The highest BCUT2D eigenvalue weighted by atomic mass is 15.4. The van der Waals surface area contributed by atoms with Crippen molar-refractivity contribution in [1.82, 2.24) is 24.7 Å². The number of nitrogens with one attached hydrogen (secondary N) is 2. The van der Waals surface area contributed by atoms with Crippen LogP contribution in [-0.2, 0) is 0 Å². The van der Waals surface area contributed by atoms with Crippen LogP contribution in [0.15, 0.2) is 48.9 Å². The molecule has 0 saturated carbocycles. The number of nitrogen functional groups attached to an aromatic ring is 2. The maximum Gasteiger partial charge on any atom is 0.252 e. The SMILES string of the molecule is CNc1nc(Nc2ccccc2C)c(C#N)c(C)c1N.N#Cc1cnn(-c2ncccn2)c1N. The van der Waals surface area contributed by atoms with Crippen LogP contribution in [0.3, 0.4) is 0 Å². The van der Waals surface area contributed by atoms with Crippen LogP contribution >= 0.6 is 0 Å². The fourth-order valence-electron chi connectivity index (χ4n) is 2.98. The van der Waals surface area contributed by atoms with Gasteiger partial charge in [0, 0.05) is 25.1 Å². The number of nitriles is 2. The summed E-state index contributed by atoms with van der Waals surface area (Å²) in [7, 11) is 1.75. The van der Waals surface area contributed by atoms with E-state index >= 15 is 0 Å². The fourth-order valence-corrected chi connectivity index (χ4v) is 2.98. The summed E-state index contributed by atoms with van der Waals surface area (Å²) in [5, 5.41) is 28.0. The molecule has 0 amide bonds. The van der Waals surface area contributed by atoms with Gasteiger partial charge in [-0.15, -0.1) is 0 Å². The largest absolute Gasteiger partial charge is 0.395 e. The number of aryl methyl sites for hydroxylation is 1. The molecule has 0 bridgehead atoms. The van der Waals surface area contributed by atoms with Crippen molar-refractivity contribution in [1.29, 1.82) is 10.5 Å². The third kappa shape index (κ3) is 4.84. The second-order valence-electron chi connectivity index (χ2n) is 7.04. The lowest BCUT2D eigenvalue weighted by Crippen LogP contribution is -2.07. The molecule has 4 rings (SSSR count). The molecular weight excluding hydrogens is 430 g/mol. The minimum absolute atomic E-state index is 0.249. The summed E-state index contributed by atoms with van der Waals surface area (Å²) < 4.78 is 1.32.